The van der Waals surface area contributed by atoms with Crippen LogP contribution < -0.4 is 0 Å². The van der Waals surface area contributed by atoms with Gasteiger partial charge in [-0.05, 0) is 93.6 Å². The van der Waals surface area contributed by atoms with Gasteiger partial charge in [0.1, 0.15) is 0 Å². The van der Waals surface area contributed by atoms with Crippen molar-refractivity contribution in [2.45, 2.75) is 159 Å². The molecule has 0 aliphatic carbocycles. The maximum atomic E-state index is 15.0. The van der Waals surface area contributed by atoms with Crippen molar-refractivity contribution in [2.24, 2.45) is 21.7 Å². The molecule has 1 atom stereocenters. The van der Waals surface area contributed by atoms with Crippen molar-refractivity contribution in [3.8, 4) is 0 Å². The average molecular weight is 655 g/mol. The van der Waals surface area contributed by atoms with Crippen molar-refractivity contribution in [3.63, 3.8) is 0 Å². The van der Waals surface area contributed by atoms with Crippen LogP contribution in [0.25, 0.3) is 0 Å². The van der Waals surface area contributed by atoms with Crippen LogP contribution in [-0.2, 0) is 36.5 Å². The van der Waals surface area contributed by atoms with E-state index >= 15 is 13.2 Å². The van der Waals surface area contributed by atoms with Gasteiger partial charge in [-0.15, -0.1) is 0 Å². The molecule has 0 spiro atoms. The van der Waals surface area contributed by atoms with Gasteiger partial charge in [0.2, 0.25) is 0 Å². The molecule has 0 fully saturated rings. The van der Waals surface area contributed by atoms with E-state index in [0.29, 0.717) is 29.5 Å². The van der Waals surface area contributed by atoms with Crippen LogP contribution in [0.15, 0.2) is 36.4 Å². The zero-order chi connectivity index (χ0) is 35.9. The van der Waals surface area contributed by atoms with Gasteiger partial charge in [0, 0.05) is 0 Å². The number of benzene rings is 2. The van der Waals surface area contributed by atoms with Crippen LogP contribution in [0.3, 0.4) is 0 Å². The summed E-state index contributed by atoms with van der Waals surface area (Å²) in [7, 11) is 0. The summed E-state index contributed by atoms with van der Waals surface area (Å²) in [6.07, 6.45) is -7.69. The second-order valence-corrected chi connectivity index (χ2v) is 18.8. The van der Waals surface area contributed by atoms with E-state index < -0.39 is 34.0 Å². The maximum absolute atomic E-state index is 15.0. The van der Waals surface area contributed by atoms with E-state index in [4.69, 9.17) is 0 Å². The Morgan fingerprint density at radius 1 is 0.435 bits per heavy atom. The molecule has 46 heavy (non-hydrogen) atoms. The van der Waals surface area contributed by atoms with Crippen molar-refractivity contribution in [3.05, 3.63) is 69.8 Å². The predicted molar refractivity (Wildman–Crippen MR) is 182 cm³/mol. The first-order valence-corrected chi connectivity index (χ1v) is 16.7. The molecule has 0 aromatic heterocycles. The second-order valence-electron chi connectivity index (χ2n) is 18.8. The maximum Gasteiger partial charge on any atom is 0.394 e. The van der Waals surface area contributed by atoms with Gasteiger partial charge >= 0.3 is 12.4 Å². The van der Waals surface area contributed by atoms with Crippen LogP contribution in [0.5, 0.6) is 0 Å². The molecule has 0 radical (unpaired) electrons. The predicted octanol–water partition coefficient (Wildman–Crippen LogP) is 13.2. The zero-order valence-corrected chi connectivity index (χ0v) is 31.0. The van der Waals surface area contributed by atoms with Crippen LogP contribution >= 0.6 is 0 Å². The van der Waals surface area contributed by atoms with Crippen LogP contribution in [0.4, 0.5) is 26.3 Å². The lowest BCUT2D eigenvalue weighted by Crippen LogP contribution is -2.39. The lowest BCUT2D eigenvalue weighted by atomic mass is 9.68. The molecule has 262 valence electrons. The summed E-state index contributed by atoms with van der Waals surface area (Å²) in [6, 6.07) is 11.3. The summed E-state index contributed by atoms with van der Waals surface area (Å²) in [6.45, 7) is 26.5. The van der Waals surface area contributed by atoms with Gasteiger partial charge in [0.25, 0.3) is 0 Å². The van der Waals surface area contributed by atoms with E-state index in [1.54, 1.807) is 18.2 Å². The molecular formula is C40H60F6. The van der Waals surface area contributed by atoms with Crippen molar-refractivity contribution in [2.75, 3.05) is 0 Å². The topological polar surface area (TPSA) is 0 Å². The molecule has 1 unspecified atom stereocenters. The average Bonchev–Trinajstić information content (AvgIpc) is 2.78. The van der Waals surface area contributed by atoms with Gasteiger partial charge in [-0.25, -0.2) is 0 Å². The third-order valence-corrected chi connectivity index (χ3v) is 9.38. The number of hydrogen-bond donors (Lipinski definition) is 0. The monoisotopic (exact) mass is 654 g/mol. The van der Waals surface area contributed by atoms with E-state index in [1.807, 2.05) is 34.6 Å². The SMILES string of the molecule is CC(C)(C)Cc1cccc(CC(C)(C)CCC(C)(Cc2cccc(CC(C)(C)C(F)(F)F)c2C(C)(C)C)C(F)(F)F)c1C(C)(C)C. The second kappa shape index (κ2) is 13.1. The van der Waals surface area contributed by atoms with E-state index in [-0.39, 0.29) is 30.1 Å². The van der Waals surface area contributed by atoms with Gasteiger partial charge in [-0.2, -0.15) is 26.3 Å². The van der Waals surface area contributed by atoms with Gasteiger partial charge in [0.05, 0.1) is 10.8 Å². The Labute approximate surface area is 276 Å². The molecule has 0 aliphatic heterocycles. The Bertz CT molecular complexity index is 1320. The molecule has 0 amide bonds. The Hall–Kier alpha value is -1.98. The molecule has 2 rings (SSSR count). The Morgan fingerprint density at radius 2 is 0.804 bits per heavy atom. The minimum absolute atomic E-state index is 0.0854. The highest BCUT2D eigenvalue weighted by Crippen LogP contribution is 2.49. The number of halogens is 6. The lowest BCUT2D eigenvalue weighted by molar-refractivity contribution is -0.222. The largest absolute Gasteiger partial charge is 0.394 e. The van der Waals surface area contributed by atoms with E-state index in [2.05, 4.69) is 59.7 Å². The van der Waals surface area contributed by atoms with E-state index in [1.165, 1.54) is 23.6 Å². The fraction of sp³-hybridized carbons (Fsp3) is 0.700. The highest BCUT2D eigenvalue weighted by atomic mass is 19.4. The van der Waals surface area contributed by atoms with Crippen molar-refractivity contribution in [1.82, 2.24) is 0 Å². The fourth-order valence-corrected chi connectivity index (χ4v) is 6.94. The highest BCUT2D eigenvalue weighted by molar-refractivity contribution is 5.43. The lowest BCUT2D eigenvalue weighted by Gasteiger charge is -2.38. The van der Waals surface area contributed by atoms with E-state index in [9.17, 15) is 13.2 Å². The van der Waals surface area contributed by atoms with E-state index in [0.717, 1.165) is 20.3 Å². The summed E-state index contributed by atoms with van der Waals surface area (Å²) in [5.74, 6) is 0. The third-order valence-electron chi connectivity index (χ3n) is 9.38. The quantitative estimate of drug-likeness (QED) is 0.224. The third kappa shape index (κ3) is 10.3. The minimum Gasteiger partial charge on any atom is -0.171 e. The molecule has 6 heteroatoms. The van der Waals surface area contributed by atoms with Gasteiger partial charge in [-0.1, -0.05) is 133 Å². The van der Waals surface area contributed by atoms with Gasteiger partial charge in [-0.3, -0.25) is 0 Å². The van der Waals surface area contributed by atoms with Crippen molar-refractivity contribution < 1.29 is 26.3 Å². The number of rotatable bonds is 10. The fourth-order valence-electron chi connectivity index (χ4n) is 6.94. The molecular weight excluding hydrogens is 594 g/mol. The normalized spacial score (nSPS) is 15.7. The number of alkyl halides is 6. The van der Waals surface area contributed by atoms with Crippen molar-refractivity contribution in [1.29, 1.82) is 0 Å². The molecule has 0 N–H and O–H groups in total. The van der Waals surface area contributed by atoms with Crippen LogP contribution in [0.2, 0.25) is 0 Å². The van der Waals surface area contributed by atoms with Crippen LogP contribution in [0, 0.1) is 21.7 Å². The first-order valence-electron chi connectivity index (χ1n) is 16.7. The molecule has 2 aromatic rings. The van der Waals surface area contributed by atoms with Crippen LogP contribution in [0.1, 0.15) is 143 Å². The Balaban J connectivity index is 2.51. The van der Waals surface area contributed by atoms with Gasteiger partial charge in [0.15, 0.2) is 0 Å². The zero-order valence-electron chi connectivity index (χ0n) is 31.0. The Morgan fingerprint density at radius 3 is 1.15 bits per heavy atom. The smallest absolute Gasteiger partial charge is 0.171 e. The minimum atomic E-state index is -4.50. The molecule has 2 aromatic carbocycles. The summed E-state index contributed by atoms with van der Waals surface area (Å²) in [4.78, 5) is 0. The summed E-state index contributed by atoms with van der Waals surface area (Å²) in [5, 5.41) is 0. The molecule has 0 nitrogen and oxygen atoms in total. The molecule has 0 heterocycles. The highest BCUT2D eigenvalue weighted by Gasteiger charge is 2.52. The van der Waals surface area contributed by atoms with Crippen LogP contribution in [-0.4, -0.2) is 12.4 Å². The van der Waals surface area contributed by atoms with Gasteiger partial charge < -0.3 is 0 Å². The molecule has 0 aliphatic rings. The summed E-state index contributed by atoms with van der Waals surface area (Å²) >= 11 is 0. The molecule has 0 saturated carbocycles. The number of hydrogen-bond acceptors (Lipinski definition) is 0. The first kappa shape index (κ1) is 40.2. The molecule has 0 bridgehead atoms. The summed E-state index contributed by atoms with van der Waals surface area (Å²) in [5.41, 5.74) is 0.128. The van der Waals surface area contributed by atoms with Crippen molar-refractivity contribution >= 4 is 0 Å². The molecule has 0 saturated heterocycles. The summed E-state index contributed by atoms with van der Waals surface area (Å²) < 4.78 is 86.7. The standard InChI is InChI=1S/C40H60F6/c1-33(2,3)23-27-17-15-18-28(31(27)34(4,5)6)24-36(10,11)21-22-38(14,40(44,45)46)26-30-20-16-19-29(32(30)35(7,8)9)25-37(12,13)39(41,42)43/h15-20H,21-26H2,1-14H3. The first-order chi connectivity index (χ1) is 20.3. The Kier molecular flexibility index (Phi) is 11.5.